The van der Waals surface area contributed by atoms with Crippen LogP contribution in [0.5, 0.6) is 0 Å². The van der Waals surface area contributed by atoms with Gasteiger partial charge in [-0.05, 0) is 85.0 Å². The van der Waals surface area contributed by atoms with Gasteiger partial charge in [0.25, 0.3) is 5.91 Å². The van der Waals surface area contributed by atoms with E-state index in [0.29, 0.717) is 60.7 Å². The molecule has 55 heavy (non-hydrogen) atoms. The van der Waals surface area contributed by atoms with Gasteiger partial charge in [-0.1, -0.05) is 6.07 Å². The first-order chi connectivity index (χ1) is 26.7. The standard InChI is InChI=1S/C40H41F2N9O4/c41-27-18-26(19-28(42)21-27)17-25-1-6-35-34(20-25)38(48-47-35)46-39(53)33-5-4-31(22-36(33)44-29-8-15-55-16-9-29)50-13-11-49(12-14-50)24-30-2-3-32(23-43-30)51-10-7-37(52)45-40(51)54/h1-6,18-23,29,44H,7-17,24H2,(H,45,52,54)(H2,46,47,48,53). The minimum Gasteiger partial charge on any atom is -0.381 e. The van der Waals surface area contributed by atoms with E-state index in [1.165, 1.54) is 17.0 Å². The zero-order valence-electron chi connectivity index (χ0n) is 30.1. The molecular weight excluding hydrogens is 708 g/mol. The van der Waals surface area contributed by atoms with Crippen molar-refractivity contribution in [1.29, 1.82) is 0 Å². The Balaban J connectivity index is 0.943. The maximum absolute atomic E-state index is 13.9. The van der Waals surface area contributed by atoms with Gasteiger partial charge in [-0.15, -0.1) is 0 Å². The molecule has 0 spiro atoms. The molecule has 2 aromatic heterocycles. The lowest BCUT2D eigenvalue weighted by molar-refractivity contribution is -0.120. The molecule has 284 valence electrons. The molecule has 0 unspecified atom stereocenters. The normalized spacial score (nSPS) is 17.1. The number of H-pyrrole nitrogens is 1. The van der Waals surface area contributed by atoms with Crippen LogP contribution in [0.1, 0.15) is 46.4 Å². The first-order valence-corrected chi connectivity index (χ1v) is 18.5. The number of piperazine rings is 1. The number of anilines is 4. The van der Waals surface area contributed by atoms with Crippen molar-refractivity contribution in [3.8, 4) is 0 Å². The SMILES string of the molecule is O=C1CCN(c2ccc(CN3CCN(c4ccc(C(=O)Nc5n[nH]c6ccc(Cc7cc(F)cc(F)c7)cc56)c(NC5CCOCC5)c4)CC3)nc2)C(=O)N1. The summed E-state index contributed by atoms with van der Waals surface area (Å²) in [5.74, 6) is -1.48. The molecule has 0 atom stereocenters. The summed E-state index contributed by atoms with van der Waals surface area (Å²) in [5.41, 5.74) is 5.82. The summed E-state index contributed by atoms with van der Waals surface area (Å²) in [4.78, 5) is 48.4. The molecule has 15 heteroatoms. The number of carbonyl (C=O) groups excluding carboxylic acids is 3. The number of rotatable bonds is 10. The minimum atomic E-state index is -0.630. The molecule has 3 aliphatic rings. The number of aromatic amines is 1. The quantitative estimate of drug-likeness (QED) is 0.147. The van der Waals surface area contributed by atoms with Gasteiger partial charge in [0.1, 0.15) is 11.6 Å². The zero-order chi connectivity index (χ0) is 37.9. The average molecular weight is 750 g/mol. The van der Waals surface area contributed by atoms with Crippen molar-refractivity contribution in [1.82, 2.24) is 25.4 Å². The van der Waals surface area contributed by atoms with Crippen molar-refractivity contribution in [3.63, 3.8) is 0 Å². The van der Waals surface area contributed by atoms with Crippen molar-refractivity contribution in [2.75, 3.05) is 66.4 Å². The number of urea groups is 1. The number of carbonyl (C=O) groups is 3. The first-order valence-electron chi connectivity index (χ1n) is 18.5. The van der Waals surface area contributed by atoms with E-state index in [1.54, 1.807) is 6.20 Å². The molecule has 13 nitrogen and oxygen atoms in total. The third-order valence-electron chi connectivity index (χ3n) is 10.3. The molecule has 3 aliphatic heterocycles. The molecule has 3 aromatic carbocycles. The summed E-state index contributed by atoms with van der Waals surface area (Å²) in [5, 5.41) is 17.0. The molecule has 0 radical (unpaired) electrons. The fourth-order valence-electron chi connectivity index (χ4n) is 7.37. The van der Waals surface area contributed by atoms with E-state index in [9.17, 15) is 23.2 Å². The van der Waals surface area contributed by atoms with E-state index >= 15 is 0 Å². The molecular formula is C40H41F2N9O4. The van der Waals surface area contributed by atoms with Gasteiger partial charge in [0, 0.05) is 87.8 Å². The summed E-state index contributed by atoms with van der Waals surface area (Å²) in [6, 6.07) is 18.4. The van der Waals surface area contributed by atoms with Gasteiger partial charge in [0.05, 0.1) is 28.7 Å². The number of aromatic nitrogens is 3. The van der Waals surface area contributed by atoms with Crippen LogP contribution < -0.4 is 25.8 Å². The van der Waals surface area contributed by atoms with Gasteiger partial charge in [0.2, 0.25) is 5.91 Å². The third kappa shape index (κ3) is 8.42. The van der Waals surface area contributed by atoms with Crippen molar-refractivity contribution in [2.45, 2.75) is 38.3 Å². The van der Waals surface area contributed by atoms with Crippen LogP contribution in [-0.4, -0.2) is 89.9 Å². The molecule has 0 bridgehead atoms. The Morgan fingerprint density at radius 1 is 0.873 bits per heavy atom. The average Bonchev–Trinajstić information content (AvgIpc) is 3.57. The van der Waals surface area contributed by atoms with Crippen LogP contribution in [0, 0.1) is 11.6 Å². The second-order valence-corrected chi connectivity index (χ2v) is 14.1. The van der Waals surface area contributed by atoms with Crippen LogP contribution in [0.3, 0.4) is 0 Å². The van der Waals surface area contributed by atoms with Crippen LogP contribution in [-0.2, 0) is 22.5 Å². The fraction of sp³-hybridized carbons (Fsp3) is 0.325. The van der Waals surface area contributed by atoms with E-state index in [1.807, 2.05) is 48.5 Å². The van der Waals surface area contributed by atoms with E-state index in [0.717, 1.165) is 73.2 Å². The highest BCUT2D eigenvalue weighted by atomic mass is 19.1. The first kappa shape index (κ1) is 36.1. The van der Waals surface area contributed by atoms with Crippen LogP contribution in [0.2, 0.25) is 0 Å². The molecule has 4 amide bonds. The predicted molar refractivity (Wildman–Crippen MR) is 204 cm³/mol. The summed E-state index contributed by atoms with van der Waals surface area (Å²) in [7, 11) is 0. The van der Waals surface area contributed by atoms with Gasteiger partial charge in [-0.25, -0.2) is 13.6 Å². The maximum atomic E-state index is 13.9. The Kier molecular flexibility index (Phi) is 10.4. The van der Waals surface area contributed by atoms with Gasteiger partial charge in [-0.3, -0.25) is 34.8 Å². The maximum Gasteiger partial charge on any atom is 0.328 e. The van der Waals surface area contributed by atoms with Crippen LogP contribution >= 0.6 is 0 Å². The number of pyridine rings is 1. The topological polar surface area (TPSA) is 148 Å². The molecule has 0 aliphatic carbocycles. The second-order valence-electron chi connectivity index (χ2n) is 14.1. The number of fused-ring (bicyclic) bond motifs is 1. The summed E-state index contributed by atoms with van der Waals surface area (Å²) >= 11 is 0. The lowest BCUT2D eigenvalue weighted by atomic mass is 10.0. The van der Waals surface area contributed by atoms with Gasteiger partial charge in [0.15, 0.2) is 5.82 Å². The summed E-state index contributed by atoms with van der Waals surface area (Å²) in [6.45, 7) is 5.49. The molecule has 0 saturated carbocycles. The lowest BCUT2D eigenvalue weighted by Crippen LogP contribution is -2.49. The Bertz CT molecular complexity index is 2200. The zero-order valence-corrected chi connectivity index (χ0v) is 30.1. The highest BCUT2D eigenvalue weighted by Crippen LogP contribution is 2.30. The number of halogens is 2. The number of ether oxygens (including phenoxy) is 1. The van der Waals surface area contributed by atoms with E-state index < -0.39 is 17.7 Å². The second kappa shape index (κ2) is 15.8. The molecule has 5 aromatic rings. The van der Waals surface area contributed by atoms with Crippen LogP contribution in [0.4, 0.5) is 36.5 Å². The number of nitrogens with one attached hydrogen (secondary N) is 4. The monoisotopic (exact) mass is 749 g/mol. The van der Waals surface area contributed by atoms with Crippen LogP contribution in [0.15, 0.2) is 72.9 Å². The largest absolute Gasteiger partial charge is 0.381 e. The van der Waals surface area contributed by atoms with E-state index in [4.69, 9.17) is 4.74 Å². The van der Waals surface area contributed by atoms with E-state index in [2.05, 4.69) is 40.9 Å². The van der Waals surface area contributed by atoms with Crippen molar-refractivity contribution in [3.05, 3.63) is 107 Å². The molecule has 3 saturated heterocycles. The number of hydrogen-bond acceptors (Lipinski definition) is 9. The van der Waals surface area contributed by atoms with Crippen molar-refractivity contribution in [2.24, 2.45) is 0 Å². The number of hydrogen-bond donors (Lipinski definition) is 4. The molecule has 3 fully saturated rings. The fourth-order valence-corrected chi connectivity index (χ4v) is 7.37. The van der Waals surface area contributed by atoms with Crippen LogP contribution in [0.25, 0.3) is 10.9 Å². The predicted octanol–water partition coefficient (Wildman–Crippen LogP) is 5.44. The van der Waals surface area contributed by atoms with Gasteiger partial charge in [-0.2, -0.15) is 5.10 Å². The number of nitrogens with zero attached hydrogens (tertiary/aromatic N) is 5. The highest BCUT2D eigenvalue weighted by Gasteiger charge is 2.26. The molecule has 4 N–H and O–H groups in total. The Hall–Kier alpha value is -5.93. The number of imide groups is 1. The van der Waals surface area contributed by atoms with Crippen molar-refractivity contribution < 1.29 is 27.9 Å². The van der Waals surface area contributed by atoms with Crippen molar-refractivity contribution >= 4 is 51.6 Å². The Morgan fingerprint density at radius 2 is 1.65 bits per heavy atom. The molecule has 8 rings (SSSR count). The summed E-state index contributed by atoms with van der Waals surface area (Å²) < 4.78 is 33.3. The minimum absolute atomic E-state index is 0.152. The van der Waals surface area contributed by atoms with E-state index in [-0.39, 0.29) is 24.3 Å². The van der Waals surface area contributed by atoms with Gasteiger partial charge < -0.3 is 20.3 Å². The number of amides is 4. The Morgan fingerprint density at radius 3 is 2.40 bits per heavy atom. The number of benzene rings is 3. The molecule has 5 heterocycles. The Labute approximate surface area is 316 Å². The lowest BCUT2D eigenvalue weighted by Gasteiger charge is -2.36. The summed E-state index contributed by atoms with van der Waals surface area (Å²) in [6.07, 6.45) is 3.90. The third-order valence-corrected chi connectivity index (χ3v) is 10.3. The highest BCUT2D eigenvalue weighted by molar-refractivity contribution is 6.11. The smallest absolute Gasteiger partial charge is 0.328 e. The van der Waals surface area contributed by atoms with Gasteiger partial charge >= 0.3 is 6.03 Å².